The highest BCUT2D eigenvalue weighted by Gasteiger charge is 2.13. The standard InChI is InChI=1S/C9H7ClFN3S2/c1-14(15)9-7(10)13-8(16-9)5-2-6(11)4-12-3-5/h2-4,15H,1H3. The summed E-state index contributed by atoms with van der Waals surface area (Å²) in [5.41, 5.74) is 0.605. The van der Waals surface area contributed by atoms with Crippen LogP contribution in [0.25, 0.3) is 10.6 Å². The first-order valence-electron chi connectivity index (χ1n) is 4.28. The predicted octanol–water partition coefficient (Wildman–Crippen LogP) is 3.28. The molecular weight excluding hydrogens is 269 g/mol. The first-order valence-corrected chi connectivity index (χ1v) is 5.87. The third-order valence-electron chi connectivity index (χ3n) is 1.82. The van der Waals surface area contributed by atoms with Crippen LogP contribution in [0.1, 0.15) is 0 Å². The first kappa shape index (κ1) is 11.6. The molecule has 2 aromatic rings. The Balaban J connectivity index is 2.45. The molecule has 0 aliphatic heterocycles. The van der Waals surface area contributed by atoms with Gasteiger partial charge in [0.15, 0.2) is 5.15 Å². The topological polar surface area (TPSA) is 29.0 Å². The van der Waals surface area contributed by atoms with Crippen molar-refractivity contribution in [2.75, 3.05) is 11.4 Å². The van der Waals surface area contributed by atoms with Gasteiger partial charge in [-0.3, -0.25) is 4.98 Å². The first-order chi connectivity index (χ1) is 7.58. The Morgan fingerprint density at radius 3 is 2.81 bits per heavy atom. The lowest BCUT2D eigenvalue weighted by atomic mass is 10.3. The maximum atomic E-state index is 13.0. The molecule has 2 aromatic heterocycles. The van der Waals surface area contributed by atoms with E-state index < -0.39 is 5.82 Å². The van der Waals surface area contributed by atoms with Crippen LogP contribution >= 0.6 is 35.8 Å². The third-order valence-corrected chi connectivity index (χ3v) is 3.71. The monoisotopic (exact) mass is 275 g/mol. The number of anilines is 1. The van der Waals surface area contributed by atoms with Gasteiger partial charge in [-0.25, -0.2) is 9.37 Å². The van der Waals surface area contributed by atoms with Crippen molar-refractivity contribution in [1.29, 1.82) is 0 Å². The quantitative estimate of drug-likeness (QED) is 0.853. The number of hydrogen-bond acceptors (Lipinski definition) is 5. The lowest BCUT2D eigenvalue weighted by Crippen LogP contribution is -1.97. The molecule has 0 unspecified atom stereocenters. The predicted molar refractivity (Wildman–Crippen MR) is 67.7 cm³/mol. The molecule has 0 fully saturated rings. The Hall–Kier alpha value is -0.850. The maximum Gasteiger partial charge on any atom is 0.165 e. The van der Waals surface area contributed by atoms with Crippen molar-refractivity contribution in [1.82, 2.24) is 9.97 Å². The third kappa shape index (κ3) is 2.28. The highest BCUT2D eigenvalue weighted by atomic mass is 35.5. The van der Waals surface area contributed by atoms with E-state index in [4.69, 9.17) is 11.6 Å². The second kappa shape index (κ2) is 4.57. The molecule has 0 aliphatic carbocycles. The van der Waals surface area contributed by atoms with Gasteiger partial charge in [-0.1, -0.05) is 35.8 Å². The Labute approximate surface area is 106 Å². The lowest BCUT2D eigenvalue weighted by Gasteiger charge is -2.05. The van der Waals surface area contributed by atoms with E-state index in [1.165, 1.54) is 17.4 Å². The highest BCUT2D eigenvalue weighted by molar-refractivity contribution is 7.82. The molecule has 7 heteroatoms. The average molecular weight is 276 g/mol. The molecule has 0 saturated heterocycles. The molecule has 84 valence electrons. The summed E-state index contributed by atoms with van der Waals surface area (Å²) in [6, 6.07) is 1.37. The molecule has 2 rings (SSSR count). The second-order valence-corrected chi connectivity index (χ2v) is 4.97. The number of rotatable bonds is 2. The lowest BCUT2D eigenvalue weighted by molar-refractivity contribution is 0.622. The normalized spacial score (nSPS) is 10.5. The van der Waals surface area contributed by atoms with Crippen LogP contribution in [0.2, 0.25) is 5.15 Å². The summed E-state index contributed by atoms with van der Waals surface area (Å²) in [4.78, 5) is 7.89. The van der Waals surface area contributed by atoms with Crippen LogP contribution in [0, 0.1) is 5.82 Å². The van der Waals surface area contributed by atoms with Crippen LogP contribution in [0.15, 0.2) is 18.5 Å². The van der Waals surface area contributed by atoms with Gasteiger partial charge in [-0.05, 0) is 6.07 Å². The molecule has 16 heavy (non-hydrogen) atoms. The summed E-state index contributed by atoms with van der Waals surface area (Å²) < 4.78 is 14.5. The zero-order valence-electron chi connectivity index (χ0n) is 8.19. The molecular formula is C9H7ClFN3S2. The summed E-state index contributed by atoms with van der Waals surface area (Å²) in [6.45, 7) is 0. The SMILES string of the molecule is CN(S)c1sc(-c2cncc(F)c2)nc1Cl. The Bertz CT molecular complexity index is 515. The van der Waals surface area contributed by atoms with Gasteiger partial charge in [0.2, 0.25) is 0 Å². The molecule has 0 saturated carbocycles. The van der Waals surface area contributed by atoms with Gasteiger partial charge >= 0.3 is 0 Å². The highest BCUT2D eigenvalue weighted by Crippen LogP contribution is 2.37. The molecule has 0 bridgehead atoms. The summed E-state index contributed by atoms with van der Waals surface area (Å²) >= 11 is 11.4. The minimum atomic E-state index is -0.399. The van der Waals surface area contributed by atoms with Crippen molar-refractivity contribution in [3.63, 3.8) is 0 Å². The van der Waals surface area contributed by atoms with E-state index in [1.807, 2.05) is 0 Å². The van der Waals surface area contributed by atoms with E-state index >= 15 is 0 Å². The number of thiazole rings is 1. The van der Waals surface area contributed by atoms with Gasteiger partial charge in [0, 0.05) is 18.8 Å². The second-order valence-electron chi connectivity index (χ2n) is 3.03. The van der Waals surface area contributed by atoms with Crippen LogP contribution in [-0.4, -0.2) is 17.0 Å². The van der Waals surface area contributed by atoms with Gasteiger partial charge in [-0.2, -0.15) is 0 Å². The Morgan fingerprint density at radius 1 is 1.50 bits per heavy atom. The Morgan fingerprint density at radius 2 is 2.25 bits per heavy atom. The van der Waals surface area contributed by atoms with E-state index in [1.54, 1.807) is 17.5 Å². The largest absolute Gasteiger partial charge is 0.311 e. The van der Waals surface area contributed by atoms with Crippen molar-refractivity contribution < 1.29 is 4.39 Å². The molecule has 2 heterocycles. The molecule has 0 atom stereocenters. The summed E-state index contributed by atoms with van der Waals surface area (Å²) in [7, 11) is 1.75. The molecule has 0 radical (unpaired) electrons. The fourth-order valence-corrected chi connectivity index (χ4v) is 2.61. The number of pyridine rings is 1. The van der Waals surface area contributed by atoms with E-state index in [2.05, 4.69) is 22.8 Å². The van der Waals surface area contributed by atoms with Crippen molar-refractivity contribution >= 4 is 40.8 Å². The van der Waals surface area contributed by atoms with E-state index in [0.717, 1.165) is 6.20 Å². The van der Waals surface area contributed by atoms with Gasteiger partial charge in [0.1, 0.15) is 15.8 Å². The average Bonchev–Trinajstić information content (AvgIpc) is 2.60. The molecule has 0 spiro atoms. The van der Waals surface area contributed by atoms with Gasteiger partial charge in [0.05, 0.1) is 6.20 Å². The summed E-state index contributed by atoms with van der Waals surface area (Å²) in [5, 5.41) is 1.68. The van der Waals surface area contributed by atoms with Crippen LogP contribution in [0.3, 0.4) is 0 Å². The van der Waals surface area contributed by atoms with Crippen LogP contribution < -0.4 is 4.31 Å². The zero-order chi connectivity index (χ0) is 11.7. The fraction of sp³-hybridized carbons (Fsp3) is 0.111. The summed E-state index contributed by atoms with van der Waals surface area (Å²) in [5.74, 6) is -0.399. The maximum absolute atomic E-state index is 13.0. The van der Waals surface area contributed by atoms with Crippen molar-refractivity contribution in [3.05, 3.63) is 29.4 Å². The van der Waals surface area contributed by atoms with Crippen molar-refractivity contribution in [3.8, 4) is 10.6 Å². The number of halogens is 2. The molecule has 3 nitrogen and oxygen atoms in total. The number of nitrogens with zero attached hydrogens (tertiary/aromatic N) is 3. The minimum Gasteiger partial charge on any atom is -0.311 e. The van der Waals surface area contributed by atoms with Crippen LogP contribution in [0.5, 0.6) is 0 Å². The van der Waals surface area contributed by atoms with Crippen LogP contribution in [0.4, 0.5) is 9.39 Å². The number of hydrogen-bond donors (Lipinski definition) is 1. The smallest absolute Gasteiger partial charge is 0.165 e. The molecule has 0 aromatic carbocycles. The molecule has 0 aliphatic rings. The number of aromatic nitrogens is 2. The van der Waals surface area contributed by atoms with E-state index in [0.29, 0.717) is 20.7 Å². The summed E-state index contributed by atoms with van der Waals surface area (Å²) in [6.07, 6.45) is 2.69. The van der Waals surface area contributed by atoms with Gasteiger partial charge in [0.25, 0.3) is 0 Å². The van der Waals surface area contributed by atoms with Gasteiger partial charge < -0.3 is 4.31 Å². The van der Waals surface area contributed by atoms with Crippen LogP contribution in [-0.2, 0) is 0 Å². The fourth-order valence-electron chi connectivity index (χ4n) is 1.15. The van der Waals surface area contributed by atoms with E-state index in [9.17, 15) is 4.39 Å². The molecule has 0 N–H and O–H groups in total. The van der Waals surface area contributed by atoms with Gasteiger partial charge in [-0.15, -0.1) is 0 Å². The zero-order valence-corrected chi connectivity index (χ0v) is 10.7. The molecule has 0 amide bonds. The number of thiol groups is 1. The van der Waals surface area contributed by atoms with Crippen molar-refractivity contribution in [2.24, 2.45) is 0 Å². The Kier molecular flexibility index (Phi) is 3.32. The van der Waals surface area contributed by atoms with Crippen molar-refractivity contribution in [2.45, 2.75) is 0 Å². The van der Waals surface area contributed by atoms with E-state index in [-0.39, 0.29) is 0 Å². The minimum absolute atomic E-state index is 0.349.